The van der Waals surface area contributed by atoms with Crippen LogP contribution in [0.5, 0.6) is 0 Å². The van der Waals surface area contributed by atoms with Gasteiger partial charge in [-0.1, -0.05) is 13.0 Å². The van der Waals surface area contributed by atoms with Gasteiger partial charge < -0.3 is 9.30 Å². The number of ether oxygens (including phenoxy) is 1. The van der Waals surface area contributed by atoms with Crippen LogP contribution in [0.2, 0.25) is 0 Å². The van der Waals surface area contributed by atoms with Crippen molar-refractivity contribution in [3.8, 4) is 11.3 Å². The summed E-state index contributed by atoms with van der Waals surface area (Å²) in [5, 5.41) is 5.18. The minimum atomic E-state index is 0.393. The van der Waals surface area contributed by atoms with Gasteiger partial charge in [0, 0.05) is 60.9 Å². The molecule has 7 heteroatoms. The van der Waals surface area contributed by atoms with Crippen LogP contribution in [-0.2, 0) is 11.3 Å². The molecule has 2 aliphatic carbocycles. The quantitative estimate of drug-likeness (QED) is 0.355. The van der Waals surface area contributed by atoms with E-state index in [4.69, 9.17) is 14.8 Å². The fraction of sp³-hybridized carbons (Fsp3) is 0.500. The highest BCUT2D eigenvalue weighted by Gasteiger charge is 2.58. The van der Waals surface area contributed by atoms with Crippen LogP contribution in [0.15, 0.2) is 55.0 Å². The lowest BCUT2D eigenvalue weighted by atomic mass is 10.0. The molecular formula is C30H36N6O. The van der Waals surface area contributed by atoms with E-state index in [1.165, 1.54) is 18.5 Å². The second kappa shape index (κ2) is 9.37. The highest BCUT2D eigenvalue weighted by molar-refractivity contribution is 5.80. The monoisotopic (exact) mass is 496 g/mol. The third-order valence-corrected chi connectivity index (χ3v) is 9.07. The third-order valence-electron chi connectivity index (χ3n) is 9.07. The van der Waals surface area contributed by atoms with E-state index >= 15 is 0 Å². The van der Waals surface area contributed by atoms with Crippen LogP contribution in [-0.4, -0.2) is 61.6 Å². The van der Waals surface area contributed by atoms with Gasteiger partial charge in [0.15, 0.2) is 0 Å². The van der Waals surface area contributed by atoms with Gasteiger partial charge in [-0.2, -0.15) is 5.10 Å². The first kappa shape index (κ1) is 23.1. The molecule has 3 unspecified atom stereocenters. The van der Waals surface area contributed by atoms with Crippen molar-refractivity contribution in [3.05, 3.63) is 66.4 Å². The molecule has 4 aromatic heterocycles. The normalized spacial score (nSPS) is 26.4. The molecular weight excluding hydrogens is 460 g/mol. The minimum absolute atomic E-state index is 0.393. The molecule has 0 radical (unpaired) electrons. The average molecular weight is 497 g/mol. The van der Waals surface area contributed by atoms with E-state index in [1.54, 1.807) is 0 Å². The zero-order valence-electron chi connectivity index (χ0n) is 21.8. The molecule has 3 fully saturated rings. The maximum Gasteiger partial charge on any atom is 0.0942 e. The standard InChI is InChI=1S/C30H36N6O/c1-3-20(2)36-29(30-24-15-23(16-25(24)30)34-10-12-37-13-11-34)17-27(33-36)21-14-28-26(32-18-21)7-9-35(28)19-22-6-4-5-8-31-22/h4-9,14,17-18,20,23-25,30H,3,10-13,15-16,19H2,1-2H3. The largest absolute Gasteiger partial charge is 0.379 e. The lowest BCUT2D eigenvalue weighted by molar-refractivity contribution is 0.0151. The summed E-state index contributed by atoms with van der Waals surface area (Å²) in [6, 6.07) is 13.9. The zero-order chi connectivity index (χ0) is 24.9. The van der Waals surface area contributed by atoms with Crippen molar-refractivity contribution in [1.82, 2.24) is 29.2 Å². The molecule has 7 rings (SSSR count). The Morgan fingerprint density at radius 1 is 1.05 bits per heavy atom. The molecule has 0 bridgehead atoms. The molecule has 1 saturated heterocycles. The van der Waals surface area contributed by atoms with Crippen molar-refractivity contribution in [2.24, 2.45) is 11.8 Å². The second-order valence-electron chi connectivity index (χ2n) is 11.2. The highest BCUT2D eigenvalue weighted by Crippen LogP contribution is 2.64. The van der Waals surface area contributed by atoms with Crippen molar-refractivity contribution >= 4 is 11.0 Å². The van der Waals surface area contributed by atoms with Crippen LogP contribution in [0.1, 0.15) is 56.5 Å². The first-order valence-corrected chi connectivity index (χ1v) is 14.0. The second-order valence-corrected chi connectivity index (χ2v) is 11.2. The number of pyridine rings is 2. The number of fused-ring (bicyclic) bond motifs is 2. The van der Waals surface area contributed by atoms with E-state index in [1.807, 2.05) is 24.5 Å². The Balaban J connectivity index is 1.16. The predicted molar refractivity (Wildman–Crippen MR) is 144 cm³/mol. The Morgan fingerprint density at radius 2 is 1.89 bits per heavy atom. The van der Waals surface area contributed by atoms with Gasteiger partial charge in [0.2, 0.25) is 0 Å². The average Bonchev–Trinajstić information content (AvgIpc) is 3.35. The summed E-state index contributed by atoms with van der Waals surface area (Å²) in [6.07, 6.45) is 9.68. The summed E-state index contributed by atoms with van der Waals surface area (Å²) >= 11 is 0. The number of hydrogen-bond acceptors (Lipinski definition) is 5. The predicted octanol–water partition coefficient (Wildman–Crippen LogP) is 5.14. The van der Waals surface area contributed by atoms with Gasteiger partial charge in [0.25, 0.3) is 0 Å². The number of rotatable bonds is 7. The topological polar surface area (TPSA) is 61.0 Å². The fourth-order valence-corrected chi connectivity index (χ4v) is 6.82. The van der Waals surface area contributed by atoms with Crippen molar-refractivity contribution in [2.45, 2.75) is 57.7 Å². The number of aromatic nitrogens is 5. The molecule has 7 nitrogen and oxygen atoms in total. The van der Waals surface area contributed by atoms with Crippen LogP contribution in [0.3, 0.4) is 0 Å². The van der Waals surface area contributed by atoms with Crippen molar-refractivity contribution in [2.75, 3.05) is 26.3 Å². The van der Waals surface area contributed by atoms with Gasteiger partial charge in [-0.25, -0.2) is 0 Å². The summed E-state index contributed by atoms with van der Waals surface area (Å²) < 4.78 is 10.1. The highest BCUT2D eigenvalue weighted by atomic mass is 16.5. The lowest BCUT2D eigenvalue weighted by Gasteiger charge is -2.33. The van der Waals surface area contributed by atoms with Crippen LogP contribution < -0.4 is 0 Å². The smallest absolute Gasteiger partial charge is 0.0942 e. The van der Waals surface area contributed by atoms with E-state index in [2.05, 4.69) is 63.4 Å². The molecule has 3 aliphatic rings. The van der Waals surface area contributed by atoms with Crippen molar-refractivity contribution in [3.63, 3.8) is 0 Å². The fourth-order valence-electron chi connectivity index (χ4n) is 6.82. The Hall–Kier alpha value is -3.03. The Labute approximate surface area is 218 Å². The van der Waals surface area contributed by atoms with Gasteiger partial charge in [-0.15, -0.1) is 0 Å². The Morgan fingerprint density at radius 3 is 2.65 bits per heavy atom. The van der Waals surface area contributed by atoms with Crippen LogP contribution in [0.25, 0.3) is 22.3 Å². The van der Waals surface area contributed by atoms with Gasteiger partial charge >= 0.3 is 0 Å². The van der Waals surface area contributed by atoms with Crippen LogP contribution in [0.4, 0.5) is 0 Å². The van der Waals surface area contributed by atoms with E-state index < -0.39 is 0 Å². The summed E-state index contributed by atoms with van der Waals surface area (Å²) in [7, 11) is 0. The Kier molecular flexibility index (Phi) is 5.85. The number of morpholine rings is 1. The molecule has 0 amide bonds. The van der Waals surface area contributed by atoms with E-state index in [0.29, 0.717) is 12.0 Å². The molecule has 2 saturated carbocycles. The molecule has 3 atom stereocenters. The van der Waals surface area contributed by atoms with Crippen molar-refractivity contribution < 1.29 is 4.74 Å². The third kappa shape index (κ3) is 4.18. The molecule has 0 spiro atoms. The summed E-state index contributed by atoms with van der Waals surface area (Å²) in [6.45, 7) is 9.27. The molecule has 5 heterocycles. The van der Waals surface area contributed by atoms with Gasteiger partial charge in [-0.05, 0) is 68.4 Å². The minimum Gasteiger partial charge on any atom is -0.379 e. The maximum absolute atomic E-state index is 5.58. The SMILES string of the molecule is CCC(C)n1nc(-c2cnc3ccn(Cc4ccccn4)c3c2)cc1C1C2CC(N3CCOCC3)CC21. The van der Waals surface area contributed by atoms with Gasteiger partial charge in [-0.3, -0.25) is 19.5 Å². The van der Waals surface area contributed by atoms with E-state index in [0.717, 1.165) is 85.1 Å². The van der Waals surface area contributed by atoms with Crippen LogP contribution >= 0.6 is 0 Å². The molecule has 0 aromatic carbocycles. The molecule has 1 aliphatic heterocycles. The van der Waals surface area contributed by atoms with Gasteiger partial charge in [0.1, 0.15) is 0 Å². The van der Waals surface area contributed by atoms with Crippen molar-refractivity contribution in [1.29, 1.82) is 0 Å². The maximum atomic E-state index is 5.58. The summed E-state index contributed by atoms with van der Waals surface area (Å²) in [5.41, 5.74) is 6.75. The van der Waals surface area contributed by atoms with Crippen LogP contribution in [0, 0.1) is 11.8 Å². The summed E-state index contributed by atoms with van der Waals surface area (Å²) in [5.74, 6) is 2.25. The number of nitrogens with zero attached hydrogens (tertiary/aromatic N) is 6. The first-order chi connectivity index (χ1) is 18.2. The lowest BCUT2D eigenvalue weighted by Crippen LogP contribution is -2.43. The molecule has 192 valence electrons. The van der Waals surface area contributed by atoms with E-state index in [9.17, 15) is 0 Å². The van der Waals surface area contributed by atoms with Gasteiger partial charge in [0.05, 0.1) is 42.2 Å². The molecule has 0 N–H and O–H groups in total. The summed E-state index contributed by atoms with van der Waals surface area (Å²) in [4.78, 5) is 12.0. The first-order valence-electron chi connectivity index (χ1n) is 14.0. The van der Waals surface area contributed by atoms with E-state index in [-0.39, 0.29) is 0 Å². The zero-order valence-corrected chi connectivity index (χ0v) is 21.8. The Bertz CT molecular complexity index is 1380. The molecule has 4 aromatic rings. The molecule has 37 heavy (non-hydrogen) atoms. The number of hydrogen-bond donors (Lipinski definition) is 0.